The van der Waals surface area contributed by atoms with Crippen LogP contribution < -0.4 is 4.74 Å². The van der Waals surface area contributed by atoms with E-state index >= 15 is 0 Å². The zero-order chi connectivity index (χ0) is 17.3. The van der Waals surface area contributed by atoms with Gasteiger partial charge in [-0.05, 0) is 30.3 Å². The lowest BCUT2D eigenvalue weighted by molar-refractivity contribution is -0.136. The van der Waals surface area contributed by atoms with Gasteiger partial charge in [-0.2, -0.15) is 0 Å². The Bertz CT molecular complexity index is 902. The maximum Gasteiger partial charge on any atom is 0.309 e. The van der Waals surface area contributed by atoms with Crippen LogP contribution in [0.3, 0.4) is 0 Å². The first-order valence-electron chi connectivity index (χ1n) is 6.82. The van der Waals surface area contributed by atoms with Crippen molar-refractivity contribution in [1.29, 1.82) is 0 Å². The van der Waals surface area contributed by atoms with Crippen molar-refractivity contribution in [2.75, 3.05) is 7.11 Å². The normalized spacial score (nSPS) is 10.8. The van der Waals surface area contributed by atoms with Crippen molar-refractivity contribution >= 4 is 28.9 Å². The minimum Gasteiger partial charge on any atom is -0.504 e. The molecule has 0 aliphatic carbocycles. The SMILES string of the molecule is COc1cc(-c2nc(CC(=O)O)c(-c3ccc(Cl)s3)o2)ccc1O. The molecule has 0 spiro atoms. The fraction of sp³-hybridized carbons (Fsp3) is 0.125. The predicted octanol–water partition coefficient (Wildman–Crippen LogP) is 4.06. The molecule has 2 aromatic heterocycles. The first-order chi connectivity index (χ1) is 11.5. The number of carboxylic acids is 1. The van der Waals surface area contributed by atoms with E-state index in [1.807, 2.05) is 0 Å². The Morgan fingerprint density at radius 3 is 2.79 bits per heavy atom. The lowest BCUT2D eigenvalue weighted by Gasteiger charge is -2.03. The fourth-order valence-electron chi connectivity index (χ4n) is 2.18. The zero-order valence-corrected chi connectivity index (χ0v) is 14.0. The van der Waals surface area contributed by atoms with Gasteiger partial charge in [-0.3, -0.25) is 4.79 Å². The molecule has 0 aliphatic heterocycles. The van der Waals surface area contributed by atoms with Gasteiger partial charge in [-0.1, -0.05) is 11.6 Å². The molecule has 0 saturated carbocycles. The van der Waals surface area contributed by atoms with Crippen LogP contribution in [-0.4, -0.2) is 28.3 Å². The van der Waals surface area contributed by atoms with E-state index in [1.54, 1.807) is 24.3 Å². The second-order valence-electron chi connectivity index (χ2n) is 4.86. The lowest BCUT2D eigenvalue weighted by Crippen LogP contribution is -2.01. The monoisotopic (exact) mass is 365 g/mol. The average Bonchev–Trinajstić information content (AvgIpc) is 3.13. The summed E-state index contributed by atoms with van der Waals surface area (Å²) >= 11 is 7.22. The van der Waals surface area contributed by atoms with Crippen LogP contribution in [0.1, 0.15) is 5.69 Å². The van der Waals surface area contributed by atoms with E-state index in [1.165, 1.54) is 24.5 Å². The molecule has 8 heteroatoms. The van der Waals surface area contributed by atoms with Crippen LogP contribution in [0.5, 0.6) is 11.5 Å². The molecule has 6 nitrogen and oxygen atoms in total. The molecule has 0 radical (unpaired) electrons. The molecule has 0 atom stereocenters. The summed E-state index contributed by atoms with van der Waals surface area (Å²) in [5, 5.41) is 18.8. The van der Waals surface area contributed by atoms with Crippen molar-refractivity contribution in [2.24, 2.45) is 0 Å². The number of benzene rings is 1. The number of rotatable bonds is 5. The third-order valence-corrected chi connectivity index (χ3v) is 4.47. The summed E-state index contributed by atoms with van der Waals surface area (Å²) in [6.45, 7) is 0. The number of carboxylic acid groups (broad SMARTS) is 1. The summed E-state index contributed by atoms with van der Waals surface area (Å²) in [5.74, 6) is -0.141. The number of thiophene rings is 1. The second-order valence-corrected chi connectivity index (χ2v) is 6.57. The standard InChI is InChI=1S/C16H12ClNO5S/c1-22-11-6-8(2-3-10(11)19)16-18-9(7-14(20)21)15(23-16)12-4-5-13(17)24-12/h2-6,19H,7H2,1H3,(H,20,21). The van der Waals surface area contributed by atoms with E-state index in [0.717, 1.165) is 0 Å². The van der Waals surface area contributed by atoms with Gasteiger partial charge < -0.3 is 19.4 Å². The Kier molecular flexibility index (Phi) is 4.46. The van der Waals surface area contributed by atoms with Crippen molar-refractivity contribution < 1.29 is 24.2 Å². The van der Waals surface area contributed by atoms with Gasteiger partial charge in [0.2, 0.25) is 5.89 Å². The van der Waals surface area contributed by atoms with Gasteiger partial charge in [0.1, 0.15) is 0 Å². The molecule has 0 fully saturated rings. The summed E-state index contributed by atoms with van der Waals surface area (Å²) in [6.07, 6.45) is -0.274. The van der Waals surface area contributed by atoms with Gasteiger partial charge in [-0.15, -0.1) is 11.3 Å². The summed E-state index contributed by atoms with van der Waals surface area (Å²) < 4.78 is 11.4. The van der Waals surface area contributed by atoms with Gasteiger partial charge in [0.05, 0.1) is 28.4 Å². The predicted molar refractivity (Wildman–Crippen MR) is 89.8 cm³/mol. The molecule has 2 heterocycles. The molecule has 124 valence electrons. The van der Waals surface area contributed by atoms with E-state index in [2.05, 4.69) is 4.98 Å². The number of oxazole rings is 1. The zero-order valence-electron chi connectivity index (χ0n) is 12.4. The third kappa shape index (κ3) is 3.22. The molecule has 0 unspecified atom stereocenters. The summed E-state index contributed by atoms with van der Waals surface area (Å²) in [5.41, 5.74) is 0.869. The van der Waals surface area contributed by atoms with Crippen molar-refractivity contribution in [3.05, 3.63) is 40.4 Å². The molecule has 0 bridgehead atoms. The number of halogens is 1. The van der Waals surface area contributed by atoms with Crippen LogP contribution in [0.15, 0.2) is 34.7 Å². The maximum atomic E-state index is 11.1. The minimum absolute atomic E-state index is 0.0103. The first-order valence-corrected chi connectivity index (χ1v) is 8.02. The Labute approximate surface area is 145 Å². The minimum atomic E-state index is -1.01. The van der Waals surface area contributed by atoms with Gasteiger partial charge in [0.25, 0.3) is 0 Å². The molecular weight excluding hydrogens is 354 g/mol. The largest absolute Gasteiger partial charge is 0.504 e. The number of hydrogen-bond acceptors (Lipinski definition) is 6. The number of aromatic nitrogens is 1. The number of phenols is 1. The average molecular weight is 366 g/mol. The van der Waals surface area contributed by atoms with Crippen molar-refractivity contribution in [2.45, 2.75) is 6.42 Å². The van der Waals surface area contributed by atoms with Crippen LogP contribution in [0.25, 0.3) is 22.1 Å². The number of ether oxygens (including phenoxy) is 1. The summed E-state index contributed by atoms with van der Waals surface area (Å²) in [4.78, 5) is 16.1. The topological polar surface area (TPSA) is 92.8 Å². The highest BCUT2D eigenvalue weighted by Gasteiger charge is 2.20. The fourth-order valence-corrected chi connectivity index (χ4v) is 3.22. The number of aromatic hydroxyl groups is 1. The Morgan fingerprint density at radius 1 is 1.38 bits per heavy atom. The maximum absolute atomic E-state index is 11.1. The Hall–Kier alpha value is -2.51. The van der Waals surface area contributed by atoms with E-state index < -0.39 is 5.97 Å². The molecule has 24 heavy (non-hydrogen) atoms. The van der Waals surface area contributed by atoms with Crippen LogP contribution in [0.2, 0.25) is 4.34 Å². The molecule has 3 rings (SSSR count). The molecule has 0 saturated heterocycles. The Morgan fingerprint density at radius 2 is 2.17 bits per heavy atom. The van der Waals surface area contributed by atoms with Crippen LogP contribution >= 0.6 is 22.9 Å². The van der Waals surface area contributed by atoms with Crippen molar-refractivity contribution in [1.82, 2.24) is 4.98 Å². The molecule has 2 N–H and O–H groups in total. The molecule has 0 amide bonds. The van der Waals surface area contributed by atoms with Crippen molar-refractivity contribution in [3.63, 3.8) is 0 Å². The van der Waals surface area contributed by atoms with Crippen LogP contribution in [-0.2, 0) is 11.2 Å². The van der Waals surface area contributed by atoms with Gasteiger partial charge in [0, 0.05) is 5.56 Å². The molecule has 1 aromatic carbocycles. The van der Waals surface area contributed by atoms with Crippen molar-refractivity contribution in [3.8, 4) is 33.6 Å². The highest BCUT2D eigenvalue weighted by molar-refractivity contribution is 7.19. The number of nitrogens with zero attached hydrogens (tertiary/aromatic N) is 1. The number of methoxy groups -OCH3 is 1. The second kappa shape index (κ2) is 6.54. The summed E-state index contributed by atoms with van der Waals surface area (Å²) in [6, 6.07) is 8.09. The Balaban J connectivity index is 2.09. The highest BCUT2D eigenvalue weighted by Crippen LogP contribution is 2.37. The third-order valence-electron chi connectivity index (χ3n) is 3.24. The summed E-state index contributed by atoms with van der Waals surface area (Å²) in [7, 11) is 1.43. The van der Waals surface area contributed by atoms with E-state index in [4.69, 9.17) is 25.9 Å². The van der Waals surface area contributed by atoms with Crippen LogP contribution in [0.4, 0.5) is 0 Å². The molecule has 3 aromatic rings. The van der Waals surface area contributed by atoms with E-state index in [9.17, 15) is 9.90 Å². The van der Waals surface area contributed by atoms with E-state index in [0.29, 0.717) is 26.2 Å². The van der Waals surface area contributed by atoms with Gasteiger partial charge in [-0.25, -0.2) is 4.98 Å². The molecular formula is C16H12ClNO5S. The number of phenolic OH excluding ortho intramolecular Hbond substituents is 1. The van der Waals surface area contributed by atoms with Crippen LogP contribution in [0, 0.1) is 0 Å². The highest BCUT2D eigenvalue weighted by atomic mass is 35.5. The molecule has 0 aliphatic rings. The van der Waals surface area contributed by atoms with E-state index in [-0.39, 0.29) is 23.8 Å². The number of aliphatic carboxylic acids is 1. The van der Waals surface area contributed by atoms with Gasteiger partial charge in [0.15, 0.2) is 17.3 Å². The van der Waals surface area contributed by atoms with Gasteiger partial charge >= 0.3 is 5.97 Å². The quantitative estimate of drug-likeness (QED) is 0.708. The number of carbonyl (C=O) groups is 1. The smallest absolute Gasteiger partial charge is 0.309 e. The lowest BCUT2D eigenvalue weighted by atomic mass is 10.2. The number of hydrogen-bond donors (Lipinski definition) is 2. The first kappa shape index (κ1) is 16.4.